The Balaban J connectivity index is 1.94. The van der Waals surface area contributed by atoms with Gasteiger partial charge in [-0.2, -0.15) is 0 Å². The number of carbonyl (C=O) groups excluding carboxylic acids is 1. The molecule has 18 heavy (non-hydrogen) atoms. The summed E-state index contributed by atoms with van der Waals surface area (Å²) in [6.07, 6.45) is 2.13. The summed E-state index contributed by atoms with van der Waals surface area (Å²) in [5.41, 5.74) is 1.71. The highest BCUT2D eigenvalue weighted by Crippen LogP contribution is 2.31. The number of anilines is 1. The molecule has 0 amide bonds. The monoisotopic (exact) mass is 258 g/mol. The van der Waals surface area contributed by atoms with Crippen molar-refractivity contribution in [3.63, 3.8) is 0 Å². The van der Waals surface area contributed by atoms with E-state index in [9.17, 15) is 4.79 Å². The van der Waals surface area contributed by atoms with Crippen LogP contribution in [0.3, 0.4) is 0 Å². The number of nitrogens with one attached hydrogen (secondary N) is 1. The lowest BCUT2D eigenvalue weighted by atomic mass is 9.94. The van der Waals surface area contributed by atoms with E-state index in [2.05, 4.69) is 10.3 Å². The van der Waals surface area contributed by atoms with Crippen LogP contribution < -0.4 is 5.32 Å². The number of nitrogens with zero attached hydrogens (tertiary/aromatic N) is 1. The topological polar surface area (TPSA) is 42.0 Å². The Morgan fingerprint density at radius 3 is 2.78 bits per heavy atom. The zero-order valence-corrected chi connectivity index (χ0v) is 10.3. The molecule has 1 atom stereocenters. The van der Waals surface area contributed by atoms with Gasteiger partial charge in [-0.3, -0.25) is 4.79 Å². The van der Waals surface area contributed by atoms with Crippen LogP contribution in [0, 0.1) is 0 Å². The number of Topliss-reactive ketones (excluding diaryl/α,β-unsaturated/α-hetero) is 1. The smallest absolute Gasteiger partial charge is 0.168 e. The van der Waals surface area contributed by atoms with E-state index in [0.29, 0.717) is 22.8 Å². The van der Waals surface area contributed by atoms with Crippen LogP contribution in [0.2, 0.25) is 5.02 Å². The zero-order chi connectivity index (χ0) is 12.5. The third-order valence-electron chi connectivity index (χ3n) is 3.08. The minimum atomic E-state index is -0.0304. The number of aromatic nitrogens is 1. The summed E-state index contributed by atoms with van der Waals surface area (Å²) in [6, 6.07) is 11.1. The minimum absolute atomic E-state index is 0.0304. The third kappa shape index (κ3) is 1.97. The van der Waals surface area contributed by atoms with Crippen molar-refractivity contribution < 1.29 is 4.79 Å². The number of hydrogen-bond donors (Lipinski definition) is 1. The number of fused-ring (bicyclic) bond motifs is 1. The van der Waals surface area contributed by atoms with Crippen LogP contribution >= 0.6 is 11.6 Å². The highest BCUT2D eigenvalue weighted by atomic mass is 35.5. The number of rotatable bonds is 1. The van der Waals surface area contributed by atoms with Gasteiger partial charge in [0.25, 0.3) is 0 Å². The first-order chi connectivity index (χ1) is 8.74. The first-order valence-electron chi connectivity index (χ1n) is 5.74. The number of hydrogen-bond acceptors (Lipinski definition) is 3. The molecule has 0 saturated heterocycles. The van der Waals surface area contributed by atoms with Crippen molar-refractivity contribution in [2.75, 3.05) is 5.32 Å². The van der Waals surface area contributed by atoms with Crippen molar-refractivity contribution in [1.82, 2.24) is 4.98 Å². The van der Waals surface area contributed by atoms with Gasteiger partial charge >= 0.3 is 0 Å². The molecule has 1 aliphatic heterocycles. The number of ketones is 1. The molecular formula is C14H11ClN2O. The molecule has 4 heteroatoms. The second-order valence-corrected chi connectivity index (χ2v) is 4.71. The maximum Gasteiger partial charge on any atom is 0.168 e. The third-order valence-corrected chi connectivity index (χ3v) is 3.33. The summed E-state index contributed by atoms with van der Waals surface area (Å²) in [6.45, 7) is 0. The minimum Gasteiger partial charge on any atom is -0.362 e. The van der Waals surface area contributed by atoms with Crippen LogP contribution in [0.1, 0.15) is 28.4 Å². The van der Waals surface area contributed by atoms with E-state index in [1.54, 1.807) is 18.3 Å². The van der Waals surface area contributed by atoms with E-state index in [4.69, 9.17) is 11.6 Å². The molecule has 1 aliphatic rings. The molecule has 2 heterocycles. The van der Waals surface area contributed by atoms with E-state index < -0.39 is 0 Å². The van der Waals surface area contributed by atoms with Crippen molar-refractivity contribution >= 4 is 23.2 Å². The van der Waals surface area contributed by atoms with Crippen LogP contribution in [0.5, 0.6) is 0 Å². The number of carbonyl (C=O) groups is 1. The van der Waals surface area contributed by atoms with Gasteiger partial charge in [0.05, 0.1) is 11.6 Å². The van der Waals surface area contributed by atoms with Gasteiger partial charge in [0, 0.05) is 17.6 Å². The lowest BCUT2D eigenvalue weighted by Gasteiger charge is -2.25. The molecule has 0 bridgehead atoms. The predicted octanol–water partition coefficient (Wildman–Crippen LogP) is 3.47. The molecule has 3 nitrogen and oxygen atoms in total. The molecule has 0 radical (unpaired) electrons. The van der Waals surface area contributed by atoms with Crippen LogP contribution in [-0.4, -0.2) is 10.8 Å². The molecule has 1 unspecified atom stereocenters. The summed E-state index contributed by atoms with van der Waals surface area (Å²) in [5, 5.41) is 3.98. The van der Waals surface area contributed by atoms with E-state index in [0.717, 1.165) is 5.56 Å². The van der Waals surface area contributed by atoms with Gasteiger partial charge in [-0.1, -0.05) is 23.7 Å². The Hall–Kier alpha value is -1.87. The molecule has 0 spiro atoms. The van der Waals surface area contributed by atoms with Crippen LogP contribution in [0.25, 0.3) is 0 Å². The van der Waals surface area contributed by atoms with E-state index in [-0.39, 0.29) is 11.8 Å². The van der Waals surface area contributed by atoms with Gasteiger partial charge < -0.3 is 5.32 Å². The summed E-state index contributed by atoms with van der Waals surface area (Å²) in [7, 11) is 0. The van der Waals surface area contributed by atoms with E-state index >= 15 is 0 Å². The predicted molar refractivity (Wildman–Crippen MR) is 71.0 cm³/mol. The molecule has 0 aliphatic carbocycles. The quantitative estimate of drug-likeness (QED) is 0.852. The highest BCUT2D eigenvalue weighted by molar-refractivity contribution is 6.30. The number of pyridine rings is 1. The van der Waals surface area contributed by atoms with Gasteiger partial charge in [0.2, 0.25) is 0 Å². The first-order valence-corrected chi connectivity index (χ1v) is 6.12. The van der Waals surface area contributed by atoms with Crippen molar-refractivity contribution in [3.05, 3.63) is 58.7 Å². The normalized spacial score (nSPS) is 18.1. The molecule has 3 rings (SSSR count). The van der Waals surface area contributed by atoms with Crippen molar-refractivity contribution in [2.45, 2.75) is 12.5 Å². The Morgan fingerprint density at radius 2 is 2.00 bits per heavy atom. The molecule has 1 aromatic carbocycles. The Morgan fingerprint density at radius 1 is 1.22 bits per heavy atom. The average molecular weight is 259 g/mol. The van der Waals surface area contributed by atoms with Gasteiger partial charge in [0.1, 0.15) is 5.82 Å². The average Bonchev–Trinajstić information content (AvgIpc) is 2.39. The Kier molecular flexibility index (Phi) is 2.76. The summed E-state index contributed by atoms with van der Waals surface area (Å²) >= 11 is 5.86. The van der Waals surface area contributed by atoms with E-state index in [1.165, 1.54) is 0 Å². The van der Waals surface area contributed by atoms with Crippen molar-refractivity contribution in [2.24, 2.45) is 0 Å². The zero-order valence-electron chi connectivity index (χ0n) is 9.56. The number of benzene rings is 1. The lowest BCUT2D eigenvalue weighted by molar-refractivity contribution is 0.0971. The standard InChI is InChI=1S/C14H11ClN2O/c15-10-5-3-9(4-6-10)12-8-13(18)11-2-1-7-16-14(11)17-12/h1-7,12H,8H2,(H,16,17). The highest BCUT2D eigenvalue weighted by Gasteiger charge is 2.25. The fraction of sp³-hybridized carbons (Fsp3) is 0.143. The first kappa shape index (κ1) is 11.2. The molecule has 0 saturated carbocycles. The van der Waals surface area contributed by atoms with Crippen LogP contribution in [-0.2, 0) is 0 Å². The van der Waals surface area contributed by atoms with Gasteiger partial charge in [-0.05, 0) is 29.8 Å². The van der Waals surface area contributed by atoms with Gasteiger partial charge in [0.15, 0.2) is 5.78 Å². The molecule has 2 aromatic rings. The molecule has 90 valence electrons. The maximum atomic E-state index is 12.0. The Bertz CT molecular complexity index is 595. The van der Waals surface area contributed by atoms with Gasteiger partial charge in [-0.25, -0.2) is 4.98 Å². The molecule has 0 fully saturated rings. The van der Waals surface area contributed by atoms with E-state index in [1.807, 2.05) is 24.3 Å². The number of halogens is 1. The molecule has 1 aromatic heterocycles. The summed E-state index contributed by atoms with van der Waals surface area (Å²) in [5.74, 6) is 0.783. The largest absolute Gasteiger partial charge is 0.362 e. The van der Waals surface area contributed by atoms with Crippen LogP contribution in [0.15, 0.2) is 42.6 Å². The SMILES string of the molecule is O=C1CC(c2ccc(Cl)cc2)Nc2ncccc21. The summed E-state index contributed by atoms with van der Waals surface area (Å²) in [4.78, 5) is 16.2. The lowest BCUT2D eigenvalue weighted by Crippen LogP contribution is -2.23. The second-order valence-electron chi connectivity index (χ2n) is 4.28. The fourth-order valence-corrected chi connectivity index (χ4v) is 2.28. The van der Waals surface area contributed by atoms with Crippen molar-refractivity contribution in [1.29, 1.82) is 0 Å². The maximum absolute atomic E-state index is 12.0. The second kappa shape index (κ2) is 4.42. The van der Waals surface area contributed by atoms with Crippen molar-refractivity contribution in [3.8, 4) is 0 Å². The molecule has 1 N–H and O–H groups in total. The molecular weight excluding hydrogens is 248 g/mol. The Labute approximate surface area is 110 Å². The summed E-state index contributed by atoms with van der Waals surface area (Å²) < 4.78 is 0. The van der Waals surface area contributed by atoms with Gasteiger partial charge in [-0.15, -0.1) is 0 Å². The fourth-order valence-electron chi connectivity index (χ4n) is 2.15. The van der Waals surface area contributed by atoms with Crippen LogP contribution in [0.4, 0.5) is 5.82 Å².